The zero-order chi connectivity index (χ0) is 18.9. The second kappa shape index (κ2) is 8.12. The lowest BCUT2D eigenvalue weighted by atomic mass is 10.0. The maximum atomic E-state index is 10.5. The van der Waals surface area contributed by atoms with Crippen LogP contribution in [0.3, 0.4) is 0 Å². The van der Waals surface area contributed by atoms with Crippen molar-refractivity contribution in [2.75, 3.05) is 7.11 Å². The Hall–Kier alpha value is -0.700. The molecule has 0 bridgehead atoms. The summed E-state index contributed by atoms with van der Waals surface area (Å²) in [5, 5.41) is 10.5. The largest absolute Gasteiger partial charge is 0.496 e. The van der Waals surface area contributed by atoms with Gasteiger partial charge in [-0.15, -0.1) is 0 Å². The van der Waals surface area contributed by atoms with E-state index in [-0.39, 0.29) is 6.10 Å². The third kappa shape index (κ3) is 4.24. The van der Waals surface area contributed by atoms with Gasteiger partial charge in [-0.3, -0.25) is 0 Å². The molecule has 2 fully saturated rings. The molecule has 146 valence electrons. The van der Waals surface area contributed by atoms with Crippen molar-refractivity contribution in [2.45, 2.75) is 76.7 Å². The molecular weight excluding hydrogens is 404 g/mol. The van der Waals surface area contributed by atoms with Gasteiger partial charge in [0.25, 0.3) is 0 Å². The van der Waals surface area contributed by atoms with Crippen LogP contribution in [0.15, 0.2) is 22.7 Å². The Balaban J connectivity index is 1.75. The standard InChI is InChI=1S/C19H27BrO6/c1-5-6-13(21)15-16(17-18(24-15)26-19(2,3)25-17)23-10-11-7-8-12(20)9-14(11)22-4/h7-9,13,15-18,21H,5-6,10H2,1-4H3/t13-,15-,16+,17-,18-/m1/s1. The first-order valence-electron chi connectivity index (χ1n) is 8.98. The molecule has 1 aromatic carbocycles. The molecule has 1 aromatic rings. The highest BCUT2D eigenvalue weighted by atomic mass is 79.9. The molecule has 0 amide bonds. The van der Waals surface area contributed by atoms with Crippen LogP contribution in [0.25, 0.3) is 0 Å². The van der Waals surface area contributed by atoms with Crippen LogP contribution in [0, 0.1) is 0 Å². The number of methoxy groups -OCH3 is 1. The van der Waals surface area contributed by atoms with E-state index in [0.29, 0.717) is 13.0 Å². The molecule has 6 nitrogen and oxygen atoms in total. The summed E-state index contributed by atoms with van der Waals surface area (Å²) in [6, 6.07) is 5.79. The van der Waals surface area contributed by atoms with E-state index in [2.05, 4.69) is 15.9 Å². The number of aliphatic hydroxyl groups is 1. The Labute approximate surface area is 162 Å². The SMILES string of the molecule is CCC[C@@H](O)[C@H]1O[C@@H]2OC(C)(C)O[C@@H]2[C@H]1OCc1ccc(Br)cc1OC. The third-order valence-electron chi connectivity index (χ3n) is 4.67. The highest BCUT2D eigenvalue weighted by Crippen LogP contribution is 2.40. The number of hydrogen-bond donors (Lipinski definition) is 1. The van der Waals surface area contributed by atoms with E-state index in [1.807, 2.05) is 39.0 Å². The zero-order valence-corrected chi connectivity index (χ0v) is 17.2. The van der Waals surface area contributed by atoms with Crippen LogP contribution in [0.5, 0.6) is 5.75 Å². The van der Waals surface area contributed by atoms with Crippen LogP contribution in [0.2, 0.25) is 0 Å². The lowest BCUT2D eigenvalue weighted by molar-refractivity contribution is -0.230. The second-order valence-corrected chi connectivity index (χ2v) is 8.07. The molecule has 0 unspecified atom stereocenters. The van der Waals surface area contributed by atoms with Crippen LogP contribution in [0.4, 0.5) is 0 Å². The van der Waals surface area contributed by atoms with E-state index in [1.165, 1.54) is 0 Å². The molecule has 2 heterocycles. The van der Waals surface area contributed by atoms with Crippen molar-refractivity contribution >= 4 is 15.9 Å². The number of fused-ring (bicyclic) bond motifs is 1. The Morgan fingerprint density at radius 3 is 2.77 bits per heavy atom. The smallest absolute Gasteiger partial charge is 0.190 e. The molecule has 0 aliphatic carbocycles. The Morgan fingerprint density at radius 1 is 1.31 bits per heavy atom. The van der Waals surface area contributed by atoms with E-state index >= 15 is 0 Å². The zero-order valence-electron chi connectivity index (χ0n) is 15.6. The fourth-order valence-corrected chi connectivity index (χ4v) is 3.83. The second-order valence-electron chi connectivity index (χ2n) is 7.16. The molecule has 0 saturated carbocycles. The maximum absolute atomic E-state index is 10.5. The predicted octanol–water partition coefficient (Wildman–Crippen LogP) is 3.38. The number of aliphatic hydroxyl groups excluding tert-OH is 1. The first kappa shape index (κ1) is 20.0. The van der Waals surface area contributed by atoms with Crippen molar-refractivity contribution in [3.8, 4) is 5.75 Å². The molecule has 7 heteroatoms. The van der Waals surface area contributed by atoms with Gasteiger partial charge < -0.3 is 28.8 Å². The van der Waals surface area contributed by atoms with Gasteiger partial charge in [0.2, 0.25) is 0 Å². The van der Waals surface area contributed by atoms with E-state index < -0.39 is 30.4 Å². The van der Waals surface area contributed by atoms with E-state index in [9.17, 15) is 5.11 Å². The molecule has 3 rings (SSSR count). The Morgan fingerprint density at radius 2 is 2.08 bits per heavy atom. The van der Waals surface area contributed by atoms with Gasteiger partial charge in [0, 0.05) is 10.0 Å². The number of benzene rings is 1. The fourth-order valence-electron chi connectivity index (χ4n) is 3.49. The summed E-state index contributed by atoms with van der Waals surface area (Å²) in [5.41, 5.74) is 0.918. The maximum Gasteiger partial charge on any atom is 0.190 e. The normalized spacial score (nSPS) is 31.0. The van der Waals surface area contributed by atoms with E-state index in [1.54, 1.807) is 7.11 Å². The van der Waals surface area contributed by atoms with Gasteiger partial charge in [0.1, 0.15) is 24.1 Å². The first-order chi connectivity index (χ1) is 12.3. The topological polar surface area (TPSA) is 66.4 Å². The van der Waals surface area contributed by atoms with Gasteiger partial charge in [0.05, 0.1) is 19.8 Å². The van der Waals surface area contributed by atoms with Crippen molar-refractivity contribution in [2.24, 2.45) is 0 Å². The summed E-state index contributed by atoms with van der Waals surface area (Å²) in [7, 11) is 1.63. The molecule has 26 heavy (non-hydrogen) atoms. The quantitative estimate of drug-likeness (QED) is 0.714. The van der Waals surface area contributed by atoms with Gasteiger partial charge in [-0.2, -0.15) is 0 Å². The predicted molar refractivity (Wildman–Crippen MR) is 98.9 cm³/mol. The molecule has 2 aliphatic heterocycles. The van der Waals surface area contributed by atoms with E-state index in [4.69, 9.17) is 23.7 Å². The van der Waals surface area contributed by atoms with Gasteiger partial charge in [-0.05, 0) is 32.4 Å². The summed E-state index contributed by atoms with van der Waals surface area (Å²) in [5.74, 6) is 0.0110. The monoisotopic (exact) mass is 430 g/mol. The summed E-state index contributed by atoms with van der Waals surface area (Å²) in [6.07, 6.45) is -0.940. The average molecular weight is 431 g/mol. The number of halogens is 1. The molecule has 1 N–H and O–H groups in total. The van der Waals surface area contributed by atoms with E-state index in [0.717, 1.165) is 22.2 Å². The van der Waals surface area contributed by atoms with Gasteiger partial charge >= 0.3 is 0 Å². The highest BCUT2D eigenvalue weighted by molar-refractivity contribution is 9.10. The molecule has 5 atom stereocenters. The lowest BCUT2D eigenvalue weighted by Gasteiger charge is -2.28. The first-order valence-corrected chi connectivity index (χ1v) is 9.77. The van der Waals surface area contributed by atoms with Crippen molar-refractivity contribution < 1.29 is 28.8 Å². The van der Waals surface area contributed by atoms with Crippen LogP contribution in [-0.2, 0) is 25.6 Å². The molecule has 2 saturated heterocycles. The Bertz CT molecular complexity index is 622. The summed E-state index contributed by atoms with van der Waals surface area (Å²) in [4.78, 5) is 0. The Kier molecular flexibility index (Phi) is 6.26. The number of rotatable bonds is 7. The molecule has 0 aromatic heterocycles. The number of hydrogen-bond acceptors (Lipinski definition) is 6. The minimum atomic E-state index is -0.729. The lowest BCUT2D eigenvalue weighted by Crippen LogP contribution is -2.42. The minimum Gasteiger partial charge on any atom is -0.496 e. The van der Waals surface area contributed by atoms with Gasteiger partial charge in [-0.25, -0.2) is 0 Å². The molecular formula is C19H27BrO6. The third-order valence-corrected chi connectivity index (χ3v) is 5.16. The number of ether oxygens (including phenoxy) is 5. The van der Waals surface area contributed by atoms with Crippen LogP contribution in [-0.4, -0.2) is 48.7 Å². The average Bonchev–Trinajstić information content (AvgIpc) is 3.05. The summed E-state index contributed by atoms with van der Waals surface area (Å²) in [6.45, 7) is 6.05. The van der Waals surface area contributed by atoms with Gasteiger partial charge in [0.15, 0.2) is 12.1 Å². The van der Waals surface area contributed by atoms with Crippen molar-refractivity contribution in [1.29, 1.82) is 0 Å². The molecule has 2 aliphatic rings. The van der Waals surface area contributed by atoms with Crippen molar-refractivity contribution in [3.63, 3.8) is 0 Å². The highest BCUT2D eigenvalue weighted by Gasteiger charge is 2.56. The van der Waals surface area contributed by atoms with Crippen LogP contribution >= 0.6 is 15.9 Å². The summed E-state index contributed by atoms with van der Waals surface area (Å²) >= 11 is 3.44. The van der Waals surface area contributed by atoms with Gasteiger partial charge in [-0.1, -0.05) is 35.3 Å². The molecule has 0 radical (unpaired) electrons. The van der Waals surface area contributed by atoms with Crippen molar-refractivity contribution in [1.82, 2.24) is 0 Å². The summed E-state index contributed by atoms with van der Waals surface area (Å²) < 4.78 is 30.3. The van der Waals surface area contributed by atoms with Crippen molar-refractivity contribution in [3.05, 3.63) is 28.2 Å². The van der Waals surface area contributed by atoms with Crippen LogP contribution < -0.4 is 4.74 Å². The fraction of sp³-hybridized carbons (Fsp3) is 0.684. The minimum absolute atomic E-state index is 0.326. The molecule has 0 spiro atoms. The van der Waals surface area contributed by atoms with Crippen LogP contribution in [0.1, 0.15) is 39.2 Å².